The number of aliphatic carboxylic acids is 1. The fraction of sp³-hybridized carbons (Fsp3) is 0.385. The third kappa shape index (κ3) is 2.30. The zero-order valence-electron chi connectivity index (χ0n) is 10.1. The molecule has 0 aliphatic carbocycles. The van der Waals surface area contributed by atoms with E-state index in [4.69, 9.17) is 9.84 Å². The summed E-state index contributed by atoms with van der Waals surface area (Å²) in [4.78, 5) is 24.7. The Bertz CT molecular complexity index is 472. The van der Waals surface area contributed by atoms with Gasteiger partial charge in [-0.05, 0) is 31.0 Å². The first-order valence-electron chi connectivity index (χ1n) is 5.81. The van der Waals surface area contributed by atoms with Crippen LogP contribution in [0.3, 0.4) is 0 Å². The van der Waals surface area contributed by atoms with E-state index in [0.29, 0.717) is 24.3 Å². The highest BCUT2D eigenvalue weighted by Gasteiger charge is 2.34. The molecule has 2 rings (SSSR count). The van der Waals surface area contributed by atoms with Crippen LogP contribution < -0.4 is 4.74 Å². The van der Waals surface area contributed by atoms with Crippen molar-refractivity contribution in [1.29, 1.82) is 0 Å². The summed E-state index contributed by atoms with van der Waals surface area (Å²) in [6.45, 7) is 0.493. The molecular weight excluding hydrogens is 234 g/mol. The number of likely N-dealkylation sites (tertiary alicyclic amines) is 1. The topological polar surface area (TPSA) is 66.8 Å². The van der Waals surface area contributed by atoms with Crippen LogP contribution in [0.2, 0.25) is 0 Å². The Kier molecular flexibility index (Phi) is 3.50. The first-order chi connectivity index (χ1) is 8.63. The van der Waals surface area contributed by atoms with Gasteiger partial charge in [0.05, 0.1) is 7.11 Å². The van der Waals surface area contributed by atoms with Crippen LogP contribution in [0.15, 0.2) is 24.3 Å². The summed E-state index contributed by atoms with van der Waals surface area (Å²) < 4.78 is 5.05. The summed E-state index contributed by atoms with van der Waals surface area (Å²) in [6, 6.07) is 6.05. The highest BCUT2D eigenvalue weighted by Crippen LogP contribution is 2.22. The Hall–Kier alpha value is -2.04. The monoisotopic (exact) mass is 249 g/mol. The van der Waals surface area contributed by atoms with E-state index in [9.17, 15) is 9.59 Å². The molecule has 1 aliphatic heterocycles. The van der Waals surface area contributed by atoms with Crippen molar-refractivity contribution >= 4 is 11.9 Å². The number of benzene rings is 1. The van der Waals surface area contributed by atoms with E-state index in [1.807, 2.05) is 0 Å². The van der Waals surface area contributed by atoms with Crippen LogP contribution in [0.25, 0.3) is 0 Å². The molecular formula is C13H15NO4. The Morgan fingerprint density at radius 2 is 2.22 bits per heavy atom. The maximum absolute atomic E-state index is 12.2. The van der Waals surface area contributed by atoms with Crippen molar-refractivity contribution in [2.24, 2.45) is 0 Å². The Morgan fingerprint density at radius 3 is 2.89 bits per heavy atom. The second kappa shape index (κ2) is 5.08. The summed E-state index contributed by atoms with van der Waals surface area (Å²) in [6.07, 6.45) is 1.25. The molecule has 5 nitrogen and oxygen atoms in total. The molecule has 1 N–H and O–H groups in total. The SMILES string of the molecule is COc1cccc(C(=O)N2CCC[C@@H]2C(=O)O)c1. The van der Waals surface area contributed by atoms with Crippen LogP contribution in [0.1, 0.15) is 23.2 Å². The highest BCUT2D eigenvalue weighted by atomic mass is 16.5. The van der Waals surface area contributed by atoms with Crippen LogP contribution in [0, 0.1) is 0 Å². The average Bonchev–Trinajstić information content (AvgIpc) is 2.87. The molecule has 1 aliphatic rings. The van der Waals surface area contributed by atoms with E-state index in [-0.39, 0.29) is 5.91 Å². The lowest BCUT2D eigenvalue weighted by atomic mass is 10.1. The van der Waals surface area contributed by atoms with E-state index in [1.165, 1.54) is 12.0 Å². The predicted molar refractivity (Wildman–Crippen MR) is 64.7 cm³/mol. The van der Waals surface area contributed by atoms with E-state index in [1.54, 1.807) is 24.3 Å². The largest absolute Gasteiger partial charge is 0.497 e. The van der Waals surface area contributed by atoms with Gasteiger partial charge in [0.25, 0.3) is 5.91 Å². The zero-order valence-corrected chi connectivity index (χ0v) is 10.1. The number of methoxy groups -OCH3 is 1. The van der Waals surface area contributed by atoms with Crippen molar-refractivity contribution in [2.45, 2.75) is 18.9 Å². The molecule has 1 aromatic rings. The van der Waals surface area contributed by atoms with Crippen molar-refractivity contribution in [3.05, 3.63) is 29.8 Å². The third-order valence-corrected chi connectivity index (χ3v) is 3.12. The smallest absolute Gasteiger partial charge is 0.326 e. The maximum atomic E-state index is 12.2. The summed E-state index contributed by atoms with van der Waals surface area (Å²) in [7, 11) is 1.53. The first kappa shape index (κ1) is 12.4. The van der Waals surface area contributed by atoms with Crippen LogP contribution in [-0.4, -0.2) is 41.6 Å². The molecule has 0 radical (unpaired) electrons. The number of ether oxygens (including phenoxy) is 1. The van der Waals surface area contributed by atoms with Crippen LogP contribution in [-0.2, 0) is 4.79 Å². The van der Waals surface area contributed by atoms with Crippen LogP contribution in [0.5, 0.6) is 5.75 Å². The van der Waals surface area contributed by atoms with Gasteiger partial charge in [-0.15, -0.1) is 0 Å². The molecule has 0 saturated carbocycles. The van der Waals surface area contributed by atoms with Gasteiger partial charge in [-0.2, -0.15) is 0 Å². The summed E-state index contributed by atoms with van der Waals surface area (Å²) in [5, 5.41) is 9.06. The maximum Gasteiger partial charge on any atom is 0.326 e. The lowest BCUT2D eigenvalue weighted by Gasteiger charge is -2.21. The second-order valence-corrected chi connectivity index (χ2v) is 4.23. The van der Waals surface area contributed by atoms with Crippen molar-refractivity contribution in [1.82, 2.24) is 4.90 Å². The van der Waals surface area contributed by atoms with Crippen molar-refractivity contribution in [3.8, 4) is 5.75 Å². The van der Waals surface area contributed by atoms with Gasteiger partial charge in [0.15, 0.2) is 0 Å². The van der Waals surface area contributed by atoms with Gasteiger partial charge in [0.1, 0.15) is 11.8 Å². The molecule has 1 amide bonds. The second-order valence-electron chi connectivity index (χ2n) is 4.23. The number of nitrogens with zero attached hydrogens (tertiary/aromatic N) is 1. The molecule has 5 heteroatoms. The molecule has 1 saturated heterocycles. The zero-order chi connectivity index (χ0) is 13.1. The minimum Gasteiger partial charge on any atom is -0.497 e. The van der Waals surface area contributed by atoms with Gasteiger partial charge in [0, 0.05) is 12.1 Å². The Labute approximate surface area is 105 Å². The van der Waals surface area contributed by atoms with Crippen LogP contribution >= 0.6 is 0 Å². The normalized spacial score (nSPS) is 18.7. The van der Waals surface area contributed by atoms with Crippen molar-refractivity contribution < 1.29 is 19.4 Å². The fourth-order valence-corrected chi connectivity index (χ4v) is 2.19. The van der Waals surface area contributed by atoms with Gasteiger partial charge in [-0.25, -0.2) is 4.79 Å². The number of carbonyl (C=O) groups is 2. The van der Waals surface area contributed by atoms with Crippen LogP contribution in [0.4, 0.5) is 0 Å². The number of hydrogen-bond acceptors (Lipinski definition) is 3. The molecule has 1 atom stereocenters. The van der Waals surface area contributed by atoms with Gasteiger partial charge in [-0.3, -0.25) is 4.79 Å². The Balaban J connectivity index is 2.22. The van der Waals surface area contributed by atoms with E-state index < -0.39 is 12.0 Å². The number of carbonyl (C=O) groups excluding carboxylic acids is 1. The van der Waals surface area contributed by atoms with Gasteiger partial charge < -0.3 is 14.7 Å². The van der Waals surface area contributed by atoms with Crippen molar-refractivity contribution in [3.63, 3.8) is 0 Å². The predicted octanol–water partition coefficient (Wildman–Crippen LogP) is 1.38. The molecule has 18 heavy (non-hydrogen) atoms. The van der Waals surface area contributed by atoms with E-state index in [0.717, 1.165) is 6.42 Å². The highest BCUT2D eigenvalue weighted by molar-refractivity contribution is 5.97. The third-order valence-electron chi connectivity index (χ3n) is 3.12. The molecule has 96 valence electrons. The van der Waals surface area contributed by atoms with Gasteiger partial charge in [-0.1, -0.05) is 6.07 Å². The molecule has 0 unspecified atom stereocenters. The first-order valence-corrected chi connectivity index (χ1v) is 5.81. The lowest BCUT2D eigenvalue weighted by Crippen LogP contribution is -2.40. The molecule has 0 spiro atoms. The fourth-order valence-electron chi connectivity index (χ4n) is 2.19. The quantitative estimate of drug-likeness (QED) is 0.879. The van der Waals surface area contributed by atoms with E-state index in [2.05, 4.69) is 0 Å². The number of hydrogen-bond donors (Lipinski definition) is 1. The number of carboxylic acids is 1. The molecule has 0 aromatic heterocycles. The molecule has 1 heterocycles. The van der Waals surface area contributed by atoms with Gasteiger partial charge >= 0.3 is 5.97 Å². The van der Waals surface area contributed by atoms with Crippen molar-refractivity contribution in [2.75, 3.05) is 13.7 Å². The average molecular weight is 249 g/mol. The molecule has 1 fully saturated rings. The standard InChI is InChI=1S/C13H15NO4/c1-18-10-5-2-4-9(8-10)12(15)14-7-3-6-11(14)13(16)17/h2,4-5,8,11H,3,6-7H2,1H3,(H,16,17)/t11-/m1/s1. The number of amides is 1. The summed E-state index contributed by atoms with van der Waals surface area (Å²) in [5.74, 6) is -0.602. The lowest BCUT2D eigenvalue weighted by molar-refractivity contribution is -0.141. The molecule has 1 aromatic carbocycles. The van der Waals surface area contributed by atoms with E-state index >= 15 is 0 Å². The summed E-state index contributed by atoms with van der Waals surface area (Å²) in [5.41, 5.74) is 0.461. The Morgan fingerprint density at radius 1 is 1.44 bits per heavy atom. The summed E-state index contributed by atoms with van der Waals surface area (Å²) >= 11 is 0. The van der Waals surface area contributed by atoms with Gasteiger partial charge in [0.2, 0.25) is 0 Å². The number of rotatable bonds is 3. The minimum atomic E-state index is -0.941. The minimum absolute atomic E-state index is 0.251. The molecule has 0 bridgehead atoms. The number of carboxylic acid groups (broad SMARTS) is 1.